The van der Waals surface area contributed by atoms with Crippen LogP contribution < -0.4 is 20.1 Å². The first-order chi connectivity index (χ1) is 13.5. The van der Waals surface area contributed by atoms with Crippen LogP contribution in [0.3, 0.4) is 0 Å². The average Bonchev–Trinajstić information content (AvgIpc) is 2.73. The van der Waals surface area contributed by atoms with Crippen molar-refractivity contribution in [2.45, 2.75) is 12.5 Å². The molecular formula is C21H25ClN2O4. The molecule has 0 radical (unpaired) electrons. The van der Waals surface area contributed by atoms with E-state index < -0.39 is 6.04 Å². The molecule has 150 valence electrons. The summed E-state index contributed by atoms with van der Waals surface area (Å²) in [5, 5.41) is 6.77. The molecule has 2 aromatic carbocycles. The fourth-order valence-corrected chi connectivity index (χ4v) is 2.82. The number of likely N-dealkylation sites (N-methyl/N-ethyl adjacent to an activating group) is 1. The normalized spacial score (nSPS) is 12.2. The highest BCUT2D eigenvalue weighted by Crippen LogP contribution is 2.28. The van der Waals surface area contributed by atoms with E-state index in [9.17, 15) is 4.79 Å². The minimum atomic E-state index is -0.595. The molecule has 2 aromatic rings. The van der Waals surface area contributed by atoms with Gasteiger partial charge in [0, 0.05) is 18.2 Å². The number of allylic oxidation sites excluding steroid dienone is 1. The van der Waals surface area contributed by atoms with Crippen LogP contribution >= 0.6 is 11.6 Å². The fraction of sp³-hybridized carbons (Fsp3) is 0.286. The third-order valence-electron chi connectivity index (χ3n) is 4.16. The Hall–Kier alpha value is -2.70. The van der Waals surface area contributed by atoms with Gasteiger partial charge in [0.1, 0.15) is 17.5 Å². The third-order valence-corrected chi connectivity index (χ3v) is 4.47. The second-order valence-electron chi connectivity index (χ2n) is 5.98. The highest BCUT2D eigenvalue weighted by Gasteiger charge is 2.16. The SMILES string of the molecule is CNC(/C=C(/Cc1ccc(OC)cc1)Nc1ccc(OC)cc1Cl)C(=O)OC. The standard InChI is InChI=1S/C21H25ClN2O4/c1-23-20(21(25)28-4)12-15(11-14-5-7-16(26-2)8-6-14)24-19-10-9-17(27-3)13-18(19)22/h5-10,12-13,20,23-24H,11H2,1-4H3/b15-12-. The van der Waals surface area contributed by atoms with E-state index in [0.29, 0.717) is 22.9 Å². The maximum atomic E-state index is 12.0. The van der Waals surface area contributed by atoms with Gasteiger partial charge in [-0.25, -0.2) is 0 Å². The molecule has 28 heavy (non-hydrogen) atoms. The van der Waals surface area contributed by atoms with Crippen molar-refractivity contribution in [3.63, 3.8) is 0 Å². The summed E-state index contributed by atoms with van der Waals surface area (Å²) in [5.41, 5.74) is 2.55. The molecule has 2 N–H and O–H groups in total. The van der Waals surface area contributed by atoms with E-state index in [2.05, 4.69) is 10.6 Å². The van der Waals surface area contributed by atoms with E-state index in [0.717, 1.165) is 17.0 Å². The Balaban J connectivity index is 2.32. The quantitative estimate of drug-likeness (QED) is 0.622. The number of anilines is 1. The highest BCUT2D eigenvalue weighted by atomic mass is 35.5. The van der Waals surface area contributed by atoms with Gasteiger partial charge in [0.15, 0.2) is 0 Å². The number of esters is 1. The lowest BCUT2D eigenvalue weighted by Crippen LogP contribution is -2.34. The predicted octanol–water partition coefficient (Wildman–Crippen LogP) is 3.66. The molecule has 0 saturated carbocycles. The predicted molar refractivity (Wildman–Crippen MR) is 111 cm³/mol. The summed E-state index contributed by atoms with van der Waals surface area (Å²) >= 11 is 6.36. The van der Waals surface area contributed by atoms with Gasteiger partial charge in [-0.3, -0.25) is 4.79 Å². The second-order valence-corrected chi connectivity index (χ2v) is 6.38. The summed E-state index contributed by atoms with van der Waals surface area (Å²) in [6, 6.07) is 12.5. The molecule has 0 aromatic heterocycles. The van der Waals surface area contributed by atoms with Crippen molar-refractivity contribution in [3.05, 3.63) is 64.8 Å². The number of rotatable bonds is 9. The molecule has 0 aliphatic heterocycles. The fourth-order valence-electron chi connectivity index (χ4n) is 2.60. The first-order valence-corrected chi connectivity index (χ1v) is 9.07. The zero-order valence-electron chi connectivity index (χ0n) is 16.4. The van der Waals surface area contributed by atoms with Crippen molar-refractivity contribution >= 4 is 23.3 Å². The van der Waals surface area contributed by atoms with E-state index in [1.54, 1.807) is 33.4 Å². The monoisotopic (exact) mass is 404 g/mol. The molecule has 0 saturated heterocycles. The molecule has 0 heterocycles. The van der Waals surface area contributed by atoms with Gasteiger partial charge in [-0.2, -0.15) is 0 Å². The van der Waals surface area contributed by atoms with Crippen molar-refractivity contribution in [1.82, 2.24) is 5.32 Å². The van der Waals surface area contributed by atoms with Gasteiger partial charge in [-0.15, -0.1) is 0 Å². The van der Waals surface area contributed by atoms with Gasteiger partial charge < -0.3 is 24.8 Å². The summed E-state index contributed by atoms with van der Waals surface area (Å²) < 4.78 is 15.3. The first kappa shape index (κ1) is 21.6. The summed E-state index contributed by atoms with van der Waals surface area (Å²) in [5.74, 6) is 1.07. The molecule has 0 spiro atoms. The van der Waals surface area contributed by atoms with Crippen LogP contribution in [0.15, 0.2) is 54.2 Å². The first-order valence-electron chi connectivity index (χ1n) is 8.70. The molecule has 6 nitrogen and oxygen atoms in total. The number of benzene rings is 2. The molecule has 1 unspecified atom stereocenters. The van der Waals surface area contributed by atoms with Gasteiger partial charge in [0.05, 0.1) is 32.0 Å². The molecular weight excluding hydrogens is 380 g/mol. The van der Waals surface area contributed by atoms with Crippen molar-refractivity contribution < 1.29 is 19.0 Å². The Morgan fingerprint density at radius 2 is 1.71 bits per heavy atom. The van der Waals surface area contributed by atoms with Crippen molar-refractivity contribution in [2.75, 3.05) is 33.7 Å². The third kappa shape index (κ3) is 5.90. The van der Waals surface area contributed by atoms with Gasteiger partial charge in [0.25, 0.3) is 0 Å². The summed E-state index contributed by atoms with van der Waals surface area (Å²) in [4.78, 5) is 12.0. The van der Waals surface area contributed by atoms with Crippen LogP contribution in [0.5, 0.6) is 11.5 Å². The topological polar surface area (TPSA) is 68.8 Å². The lowest BCUT2D eigenvalue weighted by atomic mass is 10.1. The number of ether oxygens (including phenoxy) is 3. The maximum Gasteiger partial charge on any atom is 0.326 e. The van der Waals surface area contributed by atoms with Gasteiger partial charge >= 0.3 is 5.97 Å². The average molecular weight is 405 g/mol. The Morgan fingerprint density at radius 3 is 2.25 bits per heavy atom. The van der Waals surface area contributed by atoms with Crippen molar-refractivity contribution in [3.8, 4) is 11.5 Å². The number of methoxy groups -OCH3 is 3. The van der Waals surface area contributed by atoms with Crippen LogP contribution in [0.25, 0.3) is 0 Å². The number of nitrogens with one attached hydrogen (secondary N) is 2. The van der Waals surface area contributed by atoms with Gasteiger partial charge in [-0.1, -0.05) is 23.7 Å². The number of carbonyl (C=O) groups excluding carboxylic acids is 1. The van der Waals surface area contributed by atoms with Crippen LogP contribution in [0, 0.1) is 0 Å². The maximum absolute atomic E-state index is 12.0. The van der Waals surface area contributed by atoms with Crippen molar-refractivity contribution in [2.24, 2.45) is 0 Å². The van der Waals surface area contributed by atoms with E-state index in [-0.39, 0.29) is 5.97 Å². The van der Waals surface area contributed by atoms with E-state index in [4.69, 9.17) is 25.8 Å². The van der Waals surface area contributed by atoms with Crippen LogP contribution in [0.1, 0.15) is 5.56 Å². The van der Waals surface area contributed by atoms with Crippen LogP contribution in [-0.4, -0.2) is 40.4 Å². The summed E-state index contributed by atoms with van der Waals surface area (Å²) in [6.07, 6.45) is 2.35. The summed E-state index contributed by atoms with van der Waals surface area (Å²) in [7, 11) is 6.27. The molecule has 2 rings (SSSR count). The zero-order chi connectivity index (χ0) is 20.5. The molecule has 7 heteroatoms. The molecule has 0 aliphatic carbocycles. The molecule has 0 bridgehead atoms. The van der Waals surface area contributed by atoms with Crippen LogP contribution in [0.4, 0.5) is 5.69 Å². The lowest BCUT2D eigenvalue weighted by molar-refractivity contribution is -0.141. The van der Waals surface area contributed by atoms with E-state index in [1.807, 2.05) is 36.4 Å². The van der Waals surface area contributed by atoms with Crippen LogP contribution in [0.2, 0.25) is 5.02 Å². The molecule has 0 fully saturated rings. The molecule has 0 aliphatic rings. The second kappa shape index (κ2) is 10.6. The largest absolute Gasteiger partial charge is 0.497 e. The Morgan fingerprint density at radius 1 is 1.07 bits per heavy atom. The number of carbonyl (C=O) groups is 1. The number of hydrogen-bond donors (Lipinski definition) is 2. The van der Waals surface area contributed by atoms with Crippen molar-refractivity contribution in [1.29, 1.82) is 0 Å². The van der Waals surface area contributed by atoms with Crippen LogP contribution in [-0.2, 0) is 16.0 Å². The smallest absolute Gasteiger partial charge is 0.326 e. The minimum absolute atomic E-state index is 0.377. The lowest BCUT2D eigenvalue weighted by Gasteiger charge is -2.17. The Kier molecular flexibility index (Phi) is 8.17. The van der Waals surface area contributed by atoms with E-state index >= 15 is 0 Å². The minimum Gasteiger partial charge on any atom is -0.497 e. The Labute approximate surface area is 170 Å². The molecule has 0 amide bonds. The van der Waals surface area contributed by atoms with Gasteiger partial charge in [0.2, 0.25) is 0 Å². The Bertz CT molecular complexity index is 822. The number of halogens is 1. The zero-order valence-corrected chi connectivity index (χ0v) is 17.2. The van der Waals surface area contributed by atoms with E-state index in [1.165, 1.54) is 7.11 Å². The number of hydrogen-bond acceptors (Lipinski definition) is 6. The summed E-state index contributed by atoms with van der Waals surface area (Å²) in [6.45, 7) is 0. The molecule has 1 atom stereocenters. The highest BCUT2D eigenvalue weighted by molar-refractivity contribution is 6.33. The van der Waals surface area contributed by atoms with Gasteiger partial charge in [-0.05, 0) is 43.0 Å².